The summed E-state index contributed by atoms with van der Waals surface area (Å²) in [7, 11) is 0. The van der Waals surface area contributed by atoms with E-state index in [0.717, 1.165) is 32.0 Å². The molecule has 0 amide bonds. The highest BCUT2D eigenvalue weighted by Gasteiger charge is 2.12. The Bertz CT molecular complexity index is 458. The fourth-order valence-corrected chi connectivity index (χ4v) is 1.74. The van der Waals surface area contributed by atoms with Crippen molar-refractivity contribution in [3.63, 3.8) is 0 Å². The first-order chi connectivity index (χ1) is 8.31. The maximum absolute atomic E-state index is 8.55. The Kier molecular flexibility index (Phi) is 3.58. The van der Waals surface area contributed by atoms with Gasteiger partial charge in [-0.1, -0.05) is 0 Å². The van der Waals surface area contributed by atoms with Crippen LogP contribution in [0, 0.1) is 11.3 Å². The molecule has 1 saturated heterocycles. The van der Waals surface area contributed by atoms with Crippen LogP contribution in [-0.2, 0) is 4.74 Å². The molecule has 0 bridgehead atoms. The van der Waals surface area contributed by atoms with Gasteiger partial charge in [0.05, 0.1) is 30.7 Å². The molecule has 0 unspecified atom stereocenters. The second kappa shape index (κ2) is 5.32. The van der Waals surface area contributed by atoms with Crippen molar-refractivity contribution in [1.82, 2.24) is 4.98 Å². The SMILES string of the molecule is N#C/C=C(/N)c1cc(N2CCOCC2)ccn1. The van der Waals surface area contributed by atoms with E-state index in [4.69, 9.17) is 15.7 Å². The van der Waals surface area contributed by atoms with Gasteiger partial charge in [0.25, 0.3) is 0 Å². The summed E-state index contributed by atoms with van der Waals surface area (Å²) in [5.74, 6) is 0. The Morgan fingerprint density at radius 3 is 3.00 bits per heavy atom. The summed E-state index contributed by atoms with van der Waals surface area (Å²) in [6.07, 6.45) is 3.00. The molecule has 17 heavy (non-hydrogen) atoms. The number of anilines is 1. The molecule has 88 valence electrons. The van der Waals surface area contributed by atoms with Gasteiger partial charge in [0.2, 0.25) is 0 Å². The number of allylic oxidation sites excluding steroid dienone is 1. The number of aromatic nitrogens is 1. The first-order valence-electron chi connectivity index (χ1n) is 5.45. The van der Waals surface area contributed by atoms with Crippen LogP contribution in [-0.4, -0.2) is 31.3 Å². The van der Waals surface area contributed by atoms with E-state index in [2.05, 4.69) is 9.88 Å². The zero-order chi connectivity index (χ0) is 12.1. The standard InChI is InChI=1S/C12H14N4O/c13-3-1-11(14)12-9-10(2-4-15-12)16-5-7-17-8-6-16/h1-2,4,9H,5-8,14H2/b11-1+. The van der Waals surface area contributed by atoms with Crippen LogP contribution in [0.25, 0.3) is 5.70 Å². The molecule has 5 nitrogen and oxygen atoms in total. The number of nitriles is 1. The molecular formula is C12H14N4O. The van der Waals surface area contributed by atoms with Gasteiger partial charge in [-0.25, -0.2) is 0 Å². The van der Waals surface area contributed by atoms with Gasteiger partial charge in [0, 0.05) is 31.0 Å². The molecule has 5 heteroatoms. The Morgan fingerprint density at radius 1 is 1.53 bits per heavy atom. The number of rotatable bonds is 2. The second-order valence-corrected chi connectivity index (χ2v) is 3.73. The third-order valence-electron chi connectivity index (χ3n) is 2.64. The van der Waals surface area contributed by atoms with E-state index < -0.39 is 0 Å². The van der Waals surface area contributed by atoms with Gasteiger partial charge in [-0.15, -0.1) is 0 Å². The second-order valence-electron chi connectivity index (χ2n) is 3.73. The highest BCUT2D eigenvalue weighted by molar-refractivity contribution is 5.65. The summed E-state index contributed by atoms with van der Waals surface area (Å²) < 4.78 is 5.30. The Labute approximate surface area is 100 Å². The van der Waals surface area contributed by atoms with E-state index in [0.29, 0.717) is 11.4 Å². The minimum Gasteiger partial charge on any atom is -0.396 e. The highest BCUT2D eigenvalue weighted by atomic mass is 16.5. The van der Waals surface area contributed by atoms with Crippen molar-refractivity contribution in [3.8, 4) is 6.07 Å². The van der Waals surface area contributed by atoms with Crippen LogP contribution in [0.2, 0.25) is 0 Å². The third kappa shape index (κ3) is 2.74. The summed E-state index contributed by atoms with van der Waals surface area (Å²) >= 11 is 0. The van der Waals surface area contributed by atoms with E-state index in [9.17, 15) is 0 Å². The lowest BCUT2D eigenvalue weighted by molar-refractivity contribution is 0.122. The maximum Gasteiger partial charge on any atom is 0.0934 e. The summed E-state index contributed by atoms with van der Waals surface area (Å²) in [5, 5.41) is 8.55. The van der Waals surface area contributed by atoms with Crippen molar-refractivity contribution in [2.45, 2.75) is 0 Å². The van der Waals surface area contributed by atoms with Gasteiger partial charge in [0.15, 0.2) is 0 Å². The molecule has 1 aliphatic rings. The van der Waals surface area contributed by atoms with Gasteiger partial charge in [-0.3, -0.25) is 4.98 Å². The van der Waals surface area contributed by atoms with Crippen LogP contribution in [0.5, 0.6) is 0 Å². The molecule has 1 fully saturated rings. The fourth-order valence-electron chi connectivity index (χ4n) is 1.74. The number of hydrogen-bond acceptors (Lipinski definition) is 5. The number of nitrogens with zero attached hydrogens (tertiary/aromatic N) is 3. The Morgan fingerprint density at radius 2 is 2.29 bits per heavy atom. The summed E-state index contributed by atoms with van der Waals surface area (Å²) in [5.41, 5.74) is 7.83. The van der Waals surface area contributed by atoms with Crippen molar-refractivity contribution in [1.29, 1.82) is 5.26 Å². The summed E-state index contributed by atoms with van der Waals surface area (Å²) in [6.45, 7) is 3.21. The number of morpholine rings is 1. The van der Waals surface area contributed by atoms with Crippen molar-refractivity contribution >= 4 is 11.4 Å². The molecule has 2 heterocycles. The van der Waals surface area contributed by atoms with E-state index in [1.165, 1.54) is 6.08 Å². The van der Waals surface area contributed by atoms with Gasteiger partial charge in [-0.2, -0.15) is 5.26 Å². The number of pyridine rings is 1. The molecule has 0 aliphatic carbocycles. The average Bonchev–Trinajstić information content (AvgIpc) is 2.40. The van der Waals surface area contributed by atoms with E-state index in [-0.39, 0.29) is 0 Å². The number of hydrogen-bond donors (Lipinski definition) is 1. The van der Waals surface area contributed by atoms with E-state index in [1.807, 2.05) is 18.2 Å². The lowest BCUT2D eigenvalue weighted by Gasteiger charge is -2.28. The first kappa shape index (κ1) is 11.4. The van der Waals surface area contributed by atoms with Crippen molar-refractivity contribution in [2.24, 2.45) is 5.73 Å². The summed E-state index contributed by atoms with van der Waals surface area (Å²) in [6, 6.07) is 5.74. The molecular weight excluding hydrogens is 216 g/mol. The van der Waals surface area contributed by atoms with E-state index >= 15 is 0 Å². The monoisotopic (exact) mass is 230 g/mol. The molecule has 0 radical (unpaired) electrons. The number of nitrogens with two attached hydrogens (primary N) is 1. The van der Waals surface area contributed by atoms with Crippen LogP contribution in [0.3, 0.4) is 0 Å². The molecule has 0 aromatic carbocycles. The van der Waals surface area contributed by atoms with Crippen LogP contribution in [0.15, 0.2) is 24.4 Å². The third-order valence-corrected chi connectivity index (χ3v) is 2.64. The predicted octanol–water partition coefficient (Wildman–Crippen LogP) is 0.741. The topological polar surface area (TPSA) is 75.2 Å². The van der Waals surface area contributed by atoms with Crippen LogP contribution < -0.4 is 10.6 Å². The number of ether oxygens (including phenoxy) is 1. The molecule has 0 spiro atoms. The lowest BCUT2D eigenvalue weighted by atomic mass is 10.2. The zero-order valence-corrected chi connectivity index (χ0v) is 9.47. The molecule has 1 aromatic rings. The minimum atomic E-state index is 0.391. The molecule has 2 rings (SSSR count). The van der Waals surface area contributed by atoms with Gasteiger partial charge >= 0.3 is 0 Å². The van der Waals surface area contributed by atoms with Crippen LogP contribution in [0.1, 0.15) is 5.69 Å². The van der Waals surface area contributed by atoms with Gasteiger partial charge in [-0.05, 0) is 12.1 Å². The fraction of sp³-hybridized carbons (Fsp3) is 0.333. The lowest BCUT2D eigenvalue weighted by Crippen LogP contribution is -2.36. The normalized spacial score (nSPS) is 16.6. The summed E-state index contributed by atoms with van der Waals surface area (Å²) in [4.78, 5) is 6.37. The van der Waals surface area contributed by atoms with Crippen molar-refractivity contribution < 1.29 is 4.74 Å². The molecule has 1 aliphatic heterocycles. The Hall–Kier alpha value is -2.06. The zero-order valence-electron chi connectivity index (χ0n) is 9.47. The van der Waals surface area contributed by atoms with E-state index in [1.54, 1.807) is 6.20 Å². The largest absolute Gasteiger partial charge is 0.396 e. The molecule has 0 atom stereocenters. The first-order valence-corrected chi connectivity index (χ1v) is 5.45. The van der Waals surface area contributed by atoms with Gasteiger partial charge < -0.3 is 15.4 Å². The molecule has 2 N–H and O–H groups in total. The molecule has 1 aromatic heterocycles. The van der Waals surface area contributed by atoms with Gasteiger partial charge in [0.1, 0.15) is 0 Å². The van der Waals surface area contributed by atoms with Crippen LogP contribution in [0.4, 0.5) is 5.69 Å². The van der Waals surface area contributed by atoms with Crippen LogP contribution >= 0.6 is 0 Å². The van der Waals surface area contributed by atoms with Crippen molar-refractivity contribution in [2.75, 3.05) is 31.2 Å². The predicted molar refractivity (Wildman–Crippen MR) is 65.0 cm³/mol. The highest BCUT2D eigenvalue weighted by Crippen LogP contribution is 2.18. The quantitative estimate of drug-likeness (QED) is 0.758. The van der Waals surface area contributed by atoms with Crippen molar-refractivity contribution in [3.05, 3.63) is 30.1 Å². The Balaban J connectivity index is 2.22. The average molecular weight is 230 g/mol. The minimum absolute atomic E-state index is 0.391. The molecule has 0 saturated carbocycles. The maximum atomic E-state index is 8.55. The smallest absolute Gasteiger partial charge is 0.0934 e.